The van der Waals surface area contributed by atoms with Crippen LogP contribution < -0.4 is 5.73 Å². The maximum absolute atomic E-state index is 10.5. The zero-order valence-electron chi connectivity index (χ0n) is 11.7. The highest BCUT2D eigenvalue weighted by atomic mass is 16.5. The average Bonchev–Trinajstić information content (AvgIpc) is 2.75. The van der Waals surface area contributed by atoms with Crippen molar-refractivity contribution in [3.8, 4) is 17.1 Å². The quantitative estimate of drug-likeness (QED) is 0.867. The number of nitrogens with zero attached hydrogens (tertiary/aromatic N) is 2. The molecule has 0 bridgehead atoms. The Labute approximate surface area is 112 Å². The minimum atomic E-state index is -0.160. The molecule has 2 rings (SSSR count). The number of rotatable bonds is 2. The molecular weight excluding hydrogens is 242 g/mol. The summed E-state index contributed by atoms with van der Waals surface area (Å²) < 4.78 is 5.01. The number of phenols is 1. The molecule has 0 saturated carbocycles. The summed E-state index contributed by atoms with van der Waals surface area (Å²) in [7, 11) is 0. The lowest BCUT2D eigenvalue weighted by molar-refractivity contribution is 0.380. The van der Waals surface area contributed by atoms with E-state index in [0.717, 1.165) is 11.1 Å². The van der Waals surface area contributed by atoms with Crippen LogP contribution in [-0.4, -0.2) is 15.2 Å². The second kappa shape index (κ2) is 4.66. The fourth-order valence-electron chi connectivity index (χ4n) is 2.02. The molecule has 0 aliphatic heterocycles. The molecule has 1 aromatic heterocycles. The summed E-state index contributed by atoms with van der Waals surface area (Å²) in [4.78, 5) is 4.18. The Bertz CT molecular complexity index is 597. The number of benzene rings is 1. The van der Waals surface area contributed by atoms with Crippen molar-refractivity contribution in [2.24, 2.45) is 5.73 Å². The summed E-state index contributed by atoms with van der Waals surface area (Å²) in [6, 6.07) is 3.88. The van der Waals surface area contributed by atoms with E-state index in [1.807, 2.05) is 39.8 Å². The van der Waals surface area contributed by atoms with Crippen molar-refractivity contribution in [3.05, 3.63) is 29.2 Å². The molecule has 0 fully saturated rings. The Morgan fingerprint density at radius 3 is 2.53 bits per heavy atom. The standard InChI is InChI=1S/C14H19N3O2/c1-8-5-6-9(14(2,3)4)12(18)11(8)13-16-10(7-15)19-17-13/h5-6,18H,7,15H2,1-4H3. The number of aryl methyl sites for hydroxylation is 1. The number of hydrogen-bond donors (Lipinski definition) is 2. The molecule has 3 N–H and O–H groups in total. The smallest absolute Gasteiger partial charge is 0.240 e. The molecule has 0 radical (unpaired) electrons. The van der Waals surface area contributed by atoms with Crippen LogP contribution in [0.3, 0.4) is 0 Å². The van der Waals surface area contributed by atoms with Gasteiger partial charge >= 0.3 is 0 Å². The molecule has 0 aliphatic carbocycles. The molecule has 5 heteroatoms. The van der Waals surface area contributed by atoms with Gasteiger partial charge in [-0.3, -0.25) is 0 Å². The molecule has 0 unspecified atom stereocenters. The summed E-state index contributed by atoms with van der Waals surface area (Å²) in [5, 5.41) is 14.4. The largest absolute Gasteiger partial charge is 0.507 e. The van der Waals surface area contributed by atoms with Crippen LogP contribution in [0.25, 0.3) is 11.4 Å². The lowest BCUT2D eigenvalue weighted by Crippen LogP contribution is -2.12. The van der Waals surface area contributed by atoms with E-state index in [1.54, 1.807) is 0 Å². The van der Waals surface area contributed by atoms with Crippen LogP contribution in [0.4, 0.5) is 0 Å². The van der Waals surface area contributed by atoms with Gasteiger partial charge in [0.1, 0.15) is 5.75 Å². The maximum atomic E-state index is 10.5. The minimum Gasteiger partial charge on any atom is -0.507 e. The van der Waals surface area contributed by atoms with Crippen molar-refractivity contribution >= 4 is 0 Å². The van der Waals surface area contributed by atoms with Crippen molar-refractivity contribution in [1.82, 2.24) is 10.1 Å². The Morgan fingerprint density at radius 1 is 1.32 bits per heavy atom. The van der Waals surface area contributed by atoms with Crippen molar-refractivity contribution in [2.75, 3.05) is 0 Å². The Hall–Kier alpha value is -1.88. The van der Waals surface area contributed by atoms with Gasteiger partial charge in [-0.05, 0) is 17.9 Å². The number of hydrogen-bond acceptors (Lipinski definition) is 5. The van der Waals surface area contributed by atoms with Gasteiger partial charge in [0, 0.05) is 5.56 Å². The van der Waals surface area contributed by atoms with Crippen LogP contribution >= 0.6 is 0 Å². The Kier molecular flexibility index (Phi) is 3.32. The minimum absolute atomic E-state index is 0.160. The van der Waals surface area contributed by atoms with Crippen LogP contribution in [0.1, 0.15) is 37.8 Å². The Balaban J connectivity index is 2.62. The van der Waals surface area contributed by atoms with Gasteiger partial charge in [0.15, 0.2) is 0 Å². The van der Waals surface area contributed by atoms with Gasteiger partial charge in [0.25, 0.3) is 0 Å². The summed E-state index contributed by atoms with van der Waals surface area (Å²) in [6.07, 6.45) is 0. The molecule has 0 saturated heterocycles. The van der Waals surface area contributed by atoms with Gasteiger partial charge in [-0.1, -0.05) is 38.1 Å². The lowest BCUT2D eigenvalue weighted by Gasteiger charge is -2.22. The first-order valence-corrected chi connectivity index (χ1v) is 6.20. The summed E-state index contributed by atoms with van der Waals surface area (Å²) >= 11 is 0. The second-order valence-electron chi connectivity index (χ2n) is 5.62. The molecule has 0 aliphatic rings. The first-order chi connectivity index (χ1) is 8.84. The van der Waals surface area contributed by atoms with E-state index in [0.29, 0.717) is 17.3 Å². The molecule has 0 spiro atoms. The predicted molar refractivity (Wildman–Crippen MR) is 72.7 cm³/mol. The molecule has 2 aromatic rings. The third-order valence-corrected chi connectivity index (χ3v) is 3.06. The van der Waals surface area contributed by atoms with Crippen LogP contribution in [0.5, 0.6) is 5.75 Å². The highest BCUT2D eigenvalue weighted by Gasteiger charge is 2.23. The van der Waals surface area contributed by atoms with E-state index in [2.05, 4.69) is 10.1 Å². The zero-order chi connectivity index (χ0) is 14.2. The lowest BCUT2D eigenvalue weighted by atomic mass is 9.84. The molecule has 19 heavy (non-hydrogen) atoms. The average molecular weight is 261 g/mol. The molecule has 1 heterocycles. The molecule has 5 nitrogen and oxygen atoms in total. The fourth-order valence-corrected chi connectivity index (χ4v) is 2.02. The van der Waals surface area contributed by atoms with Gasteiger partial charge in [-0.25, -0.2) is 0 Å². The normalized spacial score (nSPS) is 11.8. The van der Waals surface area contributed by atoms with Gasteiger partial charge in [-0.15, -0.1) is 0 Å². The predicted octanol–water partition coefficient (Wildman–Crippen LogP) is 2.51. The molecule has 0 amide bonds. The highest BCUT2D eigenvalue weighted by Crippen LogP contribution is 2.39. The summed E-state index contributed by atoms with van der Waals surface area (Å²) in [6.45, 7) is 8.22. The van der Waals surface area contributed by atoms with E-state index in [4.69, 9.17) is 10.3 Å². The number of nitrogens with two attached hydrogens (primary N) is 1. The second-order valence-corrected chi connectivity index (χ2v) is 5.62. The van der Waals surface area contributed by atoms with E-state index < -0.39 is 0 Å². The first kappa shape index (κ1) is 13.5. The fraction of sp³-hybridized carbons (Fsp3) is 0.429. The van der Waals surface area contributed by atoms with E-state index in [1.165, 1.54) is 0 Å². The van der Waals surface area contributed by atoms with Gasteiger partial charge in [-0.2, -0.15) is 4.98 Å². The van der Waals surface area contributed by atoms with E-state index in [9.17, 15) is 5.11 Å². The third-order valence-electron chi connectivity index (χ3n) is 3.06. The third kappa shape index (κ3) is 2.46. The molecule has 102 valence electrons. The molecule has 0 atom stereocenters. The van der Waals surface area contributed by atoms with Gasteiger partial charge in [0.2, 0.25) is 11.7 Å². The topological polar surface area (TPSA) is 85.2 Å². The van der Waals surface area contributed by atoms with Gasteiger partial charge in [0.05, 0.1) is 12.1 Å². The zero-order valence-corrected chi connectivity index (χ0v) is 11.7. The van der Waals surface area contributed by atoms with E-state index >= 15 is 0 Å². The number of phenolic OH excluding ortho intramolecular Hbond substituents is 1. The van der Waals surface area contributed by atoms with Crippen molar-refractivity contribution in [1.29, 1.82) is 0 Å². The highest BCUT2D eigenvalue weighted by molar-refractivity contribution is 5.70. The number of aromatic hydroxyl groups is 1. The van der Waals surface area contributed by atoms with Crippen molar-refractivity contribution < 1.29 is 9.63 Å². The first-order valence-electron chi connectivity index (χ1n) is 6.20. The molecule has 1 aromatic carbocycles. The summed E-state index contributed by atoms with van der Waals surface area (Å²) in [5.41, 5.74) is 7.66. The van der Waals surface area contributed by atoms with Crippen LogP contribution in [-0.2, 0) is 12.0 Å². The maximum Gasteiger partial charge on any atom is 0.240 e. The van der Waals surface area contributed by atoms with Crippen LogP contribution in [0, 0.1) is 6.92 Å². The van der Waals surface area contributed by atoms with Crippen molar-refractivity contribution in [3.63, 3.8) is 0 Å². The molecular formula is C14H19N3O2. The van der Waals surface area contributed by atoms with E-state index in [-0.39, 0.29) is 17.7 Å². The number of aromatic nitrogens is 2. The van der Waals surface area contributed by atoms with Crippen LogP contribution in [0.15, 0.2) is 16.7 Å². The summed E-state index contributed by atoms with van der Waals surface area (Å²) in [5.74, 6) is 0.938. The van der Waals surface area contributed by atoms with Crippen molar-refractivity contribution in [2.45, 2.75) is 39.7 Å². The van der Waals surface area contributed by atoms with Gasteiger partial charge < -0.3 is 15.4 Å². The Morgan fingerprint density at radius 2 is 2.00 bits per heavy atom. The SMILES string of the molecule is Cc1ccc(C(C)(C)C)c(O)c1-c1noc(CN)n1. The monoisotopic (exact) mass is 261 g/mol. The van der Waals surface area contributed by atoms with Crippen LogP contribution in [0.2, 0.25) is 0 Å².